The summed E-state index contributed by atoms with van der Waals surface area (Å²) >= 11 is 1.45. The molecule has 1 fully saturated rings. The molecule has 6 heteroatoms. The molecule has 3 aliphatic heterocycles. The van der Waals surface area contributed by atoms with Crippen LogP contribution in [0.1, 0.15) is 18.1 Å². The number of benzene rings is 1. The number of morpholine rings is 1. The molecular formula is C17H18N2O3S. The lowest BCUT2D eigenvalue weighted by molar-refractivity contribution is -0.113. The van der Waals surface area contributed by atoms with Crippen LogP contribution in [-0.2, 0) is 16.0 Å². The molecule has 4 rings (SSSR count). The van der Waals surface area contributed by atoms with Crippen molar-refractivity contribution in [2.24, 2.45) is 4.99 Å². The van der Waals surface area contributed by atoms with Crippen LogP contribution in [0.4, 0.5) is 0 Å². The number of ether oxygens (including phenoxy) is 2. The molecule has 1 amide bonds. The standard InChI is InChI=1S/C17H18N2O3S/c1-11-8-13-9-12(2-3-14(13)22-11)10-15-16(20)18-17(23-15)19-4-6-21-7-5-19/h2-3,9-11H,4-8H2,1H3/b15-10+/t11-/m1/s1. The highest BCUT2D eigenvalue weighted by Crippen LogP contribution is 2.33. The van der Waals surface area contributed by atoms with E-state index in [1.165, 1.54) is 17.3 Å². The van der Waals surface area contributed by atoms with Crippen molar-refractivity contribution < 1.29 is 14.3 Å². The number of rotatable bonds is 1. The van der Waals surface area contributed by atoms with Crippen LogP contribution in [0.3, 0.4) is 0 Å². The van der Waals surface area contributed by atoms with Gasteiger partial charge in [-0.25, -0.2) is 0 Å². The molecule has 0 radical (unpaired) electrons. The second-order valence-corrected chi connectivity index (χ2v) is 6.92. The second kappa shape index (κ2) is 6.02. The fraction of sp³-hybridized carbons (Fsp3) is 0.412. The molecule has 0 bridgehead atoms. The van der Waals surface area contributed by atoms with Gasteiger partial charge in [-0.1, -0.05) is 6.07 Å². The van der Waals surface area contributed by atoms with Gasteiger partial charge in [0.2, 0.25) is 0 Å². The van der Waals surface area contributed by atoms with Gasteiger partial charge in [0, 0.05) is 19.5 Å². The Labute approximate surface area is 139 Å². The highest BCUT2D eigenvalue weighted by atomic mass is 32.2. The molecule has 0 saturated carbocycles. The fourth-order valence-electron chi connectivity index (χ4n) is 2.97. The van der Waals surface area contributed by atoms with E-state index >= 15 is 0 Å². The van der Waals surface area contributed by atoms with Gasteiger partial charge in [0.25, 0.3) is 5.91 Å². The number of hydrogen-bond donors (Lipinski definition) is 0. The number of fused-ring (bicyclic) bond motifs is 1. The summed E-state index contributed by atoms with van der Waals surface area (Å²) in [6.45, 7) is 5.03. The van der Waals surface area contributed by atoms with E-state index in [9.17, 15) is 4.79 Å². The summed E-state index contributed by atoms with van der Waals surface area (Å²) < 4.78 is 11.1. The smallest absolute Gasteiger partial charge is 0.286 e. The van der Waals surface area contributed by atoms with E-state index in [1.807, 2.05) is 18.2 Å². The van der Waals surface area contributed by atoms with Crippen molar-refractivity contribution >= 4 is 28.9 Å². The predicted octanol–water partition coefficient (Wildman–Crippen LogP) is 2.31. The number of nitrogens with zero attached hydrogens (tertiary/aromatic N) is 2. The van der Waals surface area contributed by atoms with Crippen LogP contribution in [0.2, 0.25) is 0 Å². The maximum absolute atomic E-state index is 12.2. The van der Waals surface area contributed by atoms with Crippen LogP contribution < -0.4 is 4.74 Å². The lowest BCUT2D eigenvalue weighted by Gasteiger charge is -2.27. The zero-order valence-electron chi connectivity index (χ0n) is 12.9. The SMILES string of the molecule is C[C@@H]1Cc2cc(/C=C3/SC(N4CCOCC4)=NC3=O)ccc2O1. The van der Waals surface area contributed by atoms with Crippen LogP contribution in [0.15, 0.2) is 28.1 Å². The highest BCUT2D eigenvalue weighted by Gasteiger charge is 2.27. The number of hydrogen-bond acceptors (Lipinski definition) is 5. The molecule has 0 unspecified atom stereocenters. The molecular weight excluding hydrogens is 312 g/mol. The number of amidine groups is 1. The Balaban J connectivity index is 1.52. The van der Waals surface area contributed by atoms with E-state index in [-0.39, 0.29) is 12.0 Å². The molecule has 120 valence electrons. The van der Waals surface area contributed by atoms with Crippen molar-refractivity contribution in [1.82, 2.24) is 4.90 Å². The normalized spacial score (nSPS) is 25.5. The summed E-state index contributed by atoms with van der Waals surface area (Å²) in [4.78, 5) is 19.1. The molecule has 0 aliphatic carbocycles. The summed E-state index contributed by atoms with van der Waals surface area (Å²) in [5.74, 6) is 0.803. The molecule has 0 aromatic heterocycles. The van der Waals surface area contributed by atoms with E-state index in [4.69, 9.17) is 9.47 Å². The Morgan fingerprint density at radius 2 is 2.17 bits per heavy atom. The third-order valence-electron chi connectivity index (χ3n) is 4.11. The number of thioether (sulfide) groups is 1. The Bertz CT molecular complexity index is 708. The molecule has 1 aromatic rings. The zero-order valence-corrected chi connectivity index (χ0v) is 13.8. The van der Waals surface area contributed by atoms with E-state index in [0.29, 0.717) is 18.1 Å². The first-order valence-electron chi connectivity index (χ1n) is 7.84. The quantitative estimate of drug-likeness (QED) is 0.740. The zero-order chi connectivity index (χ0) is 15.8. The van der Waals surface area contributed by atoms with Crippen LogP contribution in [0, 0.1) is 0 Å². The lowest BCUT2D eigenvalue weighted by Crippen LogP contribution is -2.38. The van der Waals surface area contributed by atoms with Crippen LogP contribution in [0.25, 0.3) is 6.08 Å². The van der Waals surface area contributed by atoms with Crippen molar-refractivity contribution in [2.75, 3.05) is 26.3 Å². The molecule has 0 N–H and O–H groups in total. The summed E-state index contributed by atoms with van der Waals surface area (Å²) in [6.07, 6.45) is 3.07. The predicted molar refractivity (Wildman–Crippen MR) is 90.6 cm³/mol. The monoisotopic (exact) mass is 330 g/mol. The first kappa shape index (κ1) is 14.8. The molecule has 3 heterocycles. The van der Waals surface area contributed by atoms with E-state index in [0.717, 1.165) is 36.0 Å². The van der Waals surface area contributed by atoms with Gasteiger partial charge >= 0.3 is 0 Å². The van der Waals surface area contributed by atoms with Crippen molar-refractivity contribution in [3.63, 3.8) is 0 Å². The van der Waals surface area contributed by atoms with Gasteiger partial charge in [0.15, 0.2) is 5.17 Å². The Morgan fingerprint density at radius 3 is 3.00 bits per heavy atom. The molecule has 3 aliphatic rings. The van der Waals surface area contributed by atoms with Gasteiger partial charge in [0.05, 0.1) is 18.1 Å². The number of carbonyl (C=O) groups is 1. The fourth-order valence-corrected chi connectivity index (χ4v) is 3.94. The molecule has 1 aromatic carbocycles. The Kier molecular flexibility index (Phi) is 3.87. The highest BCUT2D eigenvalue weighted by molar-refractivity contribution is 8.18. The first-order chi connectivity index (χ1) is 11.2. The van der Waals surface area contributed by atoms with E-state index in [1.54, 1.807) is 0 Å². The summed E-state index contributed by atoms with van der Waals surface area (Å²) in [7, 11) is 0. The largest absolute Gasteiger partial charge is 0.490 e. The van der Waals surface area contributed by atoms with Gasteiger partial charge < -0.3 is 14.4 Å². The average Bonchev–Trinajstić information content (AvgIpc) is 3.10. The van der Waals surface area contributed by atoms with E-state index < -0.39 is 0 Å². The molecule has 23 heavy (non-hydrogen) atoms. The van der Waals surface area contributed by atoms with Crippen molar-refractivity contribution in [3.05, 3.63) is 34.2 Å². The minimum atomic E-state index is -0.151. The first-order valence-corrected chi connectivity index (χ1v) is 8.65. The van der Waals surface area contributed by atoms with E-state index in [2.05, 4.69) is 22.9 Å². The molecule has 1 atom stereocenters. The Hall–Kier alpha value is -1.79. The summed E-state index contributed by atoms with van der Waals surface area (Å²) in [6, 6.07) is 6.08. The van der Waals surface area contributed by atoms with Crippen LogP contribution in [-0.4, -0.2) is 48.4 Å². The number of carbonyl (C=O) groups excluding carboxylic acids is 1. The molecule has 1 saturated heterocycles. The van der Waals surface area contributed by atoms with Crippen molar-refractivity contribution in [2.45, 2.75) is 19.4 Å². The third kappa shape index (κ3) is 3.01. The van der Waals surface area contributed by atoms with Gasteiger partial charge in [-0.15, -0.1) is 0 Å². The molecule has 5 nitrogen and oxygen atoms in total. The summed E-state index contributed by atoms with van der Waals surface area (Å²) in [5, 5.41) is 0.794. The number of amides is 1. The maximum atomic E-state index is 12.2. The van der Waals surface area contributed by atoms with Gasteiger partial charge in [-0.05, 0) is 48.0 Å². The maximum Gasteiger partial charge on any atom is 0.286 e. The van der Waals surface area contributed by atoms with Crippen LogP contribution in [0.5, 0.6) is 5.75 Å². The van der Waals surface area contributed by atoms with Gasteiger partial charge in [0.1, 0.15) is 11.9 Å². The van der Waals surface area contributed by atoms with Crippen LogP contribution >= 0.6 is 11.8 Å². The van der Waals surface area contributed by atoms with Gasteiger partial charge in [-0.2, -0.15) is 4.99 Å². The number of aliphatic imine (C=N–C) groups is 1. The van der Waals surface area contributed by atoms with Crippen molar-refractivity contribution in [3.8, 4) is 5.75 Å². The average molecular weight is 330 g/mol. The minimum absolute atomic E-state index is 0.151. The lowest BCUT2D eigenvalue weighted by atomic mass is 10.1. The molecule has 0 spiro atoms. The third-order valence-corrected chi connectivity index (χ3v) is 5.15. The minimum Gasteiger partial charge on any atom is -0.490 e. The van der Waals surface area contributed by atoms with Gasteiger partial charge in [-0.3, -0.25) is 4.79 Å². The van der Waals surface area contributed by atoms with Crippen molar-refractivity contribution in [1.29, 1.82) is 0 Å². The Morgan fingerprint density at radius 1 is 1.35 bits per heavy atom. The second-order valence-electron chi connectivity index (χ2n) is 5.91. The topological polar surface area (TPSA) is 51.1 Å². The summed E-state index contributed by atoms with van der Waals surface area (Å²) in [5.41, 5.74) is 2.23.